The second-order valence-corrected chi connectivity index (χ2v) is 8.62. The summed E-state index contributed by atoms with van der Waals surface area (Å²) in [6.07, 6.45) is 2.21. The van der Waals surface area contributed by atoms with Crippen LogP contribution in [0.2, 0.25) is 0 Å². The Balaban J connectivity index is 0.00000149. The molecule has 0 aliphatic carbocycles. The summed E-state index contributed by atoms with van der Waals surface area (Å²) in [6.45, 7) is 6.00. The zero-order valence-corrected chi connectivity index (χ0v) is 20.4. The number of aromatic nitrogens is 2. The lowest BCUT2D eigenvalue weighted by Gasteiger charge is -2.27. The van der Waals surface area contributed by atoms with Gasteiger partial charge in [0.05, 0.1) is 12.2 Å². The van der Waals surface area contributed by atoms with Crippen molar-refractivity contribution in [2.24, 2.45) is 0 Å². The van der Waals surface area contributed by atoms with Crippen molar-refractivity contribution in [3.63, 3.8) is 0 Å². The molecule has 0 bridgehead atoms. The third-order valence-corrected chi connectivity index (χ3v) is 5.59. The van der Waals surface area contributed by atoms with Crippen LogP contribution in [0.1, 0.15) is 37.6 Å². The van der Waals surface area contributed by atoms with Crippen LogP contribution in [0.4, 0.5) is 24.7 Å². The maximum Gasteiger partial charge on any atom is 0.278 e. The molecule has 180 valence electrons. The van der Waals surface area contributed by atoms with Gasteiger partial charge in [-0.3, -0.25) is 9.48 Å². The monoisotopic (exact) mass is 482 g/mol. The number of nitrogens with zero attached hydrogens (tertiary/aromatic N) is 4. The Morgan fingerprint density at radius 3 is 2.67 bits per heavy atom. The molecule has 1 unspecified atom stereocenters. The highest BCUT2D eigenvalue weighted by atomic mass is 31.0. The number of amides is 1. The Bertz CT molecular complexity index is 1050. The van der Waals surface area contributed by atoms with E-state index in [2.05, 4.69) is 15.8 Å². The second kappa shape index (κ2) is 10.1. The van der Waals surface area contributed by atoms with E-state index in [0.717, 1.165) is 5.57 Å². The molecule has 2 aromatic rings. The van der Waals surface area contributed by atoms with Crippen LogP contribution in [-0.4, -0.2) is 51.4 Å². The summed E-state index contributed by atoms with van der Waals surface area (Å²) >= 11 is 0. The minimum Gasteiger partial charge on any atom is -0.338 e. The molecule has 0 radical (unpaired) electrons. The van der Waals surface area contributed by atoms with Gasteiger partial charge in [-0.25, -0.2) is 18.6 Å². The number of benzene rings is 1. The van der Waals surface area contributed by atoms with Crippen LogP contribution >= 0.6 is 9.24 Å². The van der Waals surface area contributed by atoms with E-state index in [-0.39, 0.29) is 24.0 Å². The molecule has 0 fully saturated rings. The molecule has 11 heteroatoms. The van der Waals surface area contributed by atoms with Crippen LogP contribution in [0.15, 0.2) is 24.4 Å². The number of anilines is 2. The lowest BCUT2D eigenvalue weighted by Crippen LogP contribution is -2.35. The summed E-state index contributed by atoms with van der Waals surface area (Å²) in [7, 11) is 3.34. The first kappa shape index (κ1) is 25.1. The Morgan fingerprint density at radius 1 is 1.33 bits per heavy atom. The van der Waals surface area contributed by atoms with E-state index in [1.165, 1.54) is 20.8 Å². The SMILES string of the molecule is CC.CC(=O)N1CCc2c(c(Nc3cccc(C4=CN(C)NC4)c3F)nn2CC(F)(F)P)C1. The van der Waals surface area contributed by atoms with Gasteiger partial charge in [-0.1, -0.05) is 35.2 Å². The van der Waals surface area contributed by atoms with Gasteiger partial charge in [-0.2, -0.15) is 5.10 Å². The van der Waals surface area contributed by atoms with Gasteiger partial charge in [0.15, 0.2) is 11.6 Å². The molecule has 0 saturated carbocycles. The largest absolute Gasteiger partial charge is 0.338 e. The van der Waals surface area contributed by atoms with E-state index >= 15 is 4.39 Å². The number of nitrogens with one attached hydrogen (secondary N) is 2. The fourth-order valence-corrected chi connectivity index (χ4v) is 4.07. The first-order valence-electron chi connectivity index (χ1n) is 10.9. The molecule has 2 N–H and O–H groups in total. The minimum absolute atomic E-state index is 0.112. The van der Waals surface area contributed by atoms with Crippen molar-refractivity contribution in [2.75, 3.05) is 25.5 Å². The van der Waals surface area contributed by atoms with Crippen molar-refractivity contribution >= 4 is 32.2 Å². The molecule has 1 aromatic heterocycles. The maximum atomic E-state index is 15.3. The van der Waals surface area contributed by atoms with E-state index in [0.29, 0.717) is 36.3 Å². The quantitative estimate of drug-likeness (QED) is 0.632. The zero-order chi connectivity index (χ0) is 24.3. The molecule has 1 amide bonds. The molecule has 7 nitrogen and oxygen atoms in total. The van der Waals surface area contributed by atoms with Crippen molar-refractivity contribution in [2.45, 2.75) is 45.9 Å². The Morgan fingerprint density at radius 2 is 2.06 bits per heavy atom. The van der Waals surface area contributed by atoms with Crippen LogP contribution in [0.3, 0.4) is 0 Å². The predicted molar refractivity (Wildman–Crippen MR) is 126 cm³/mol. The van der Waals surface area contributed by atoms with Crippen LogP contribution in [0, 0.1) is 5.82 Å². The predicted octanol–water partition coefficient (Wildman–Crippen LogP) is 3.96. The first-order chi connectivity index (χ1) is 15.6. The van der Waals surface area contributed by atoms with E-state index in [9.17, 15) is 13.6 Å². The van der Waals surface area contributed by atoms with Crippen LogP contribution in [0.25, 0.3) is 5.57 Å². The molecule has 2 aliphatic heterocycles. The van der Waals surface area contributed by atoms with Gasteiger partial charge in [0.25, 0.3) is 5.66 Å². The van der Waals surface area contributed by atoms with Crippen molar-refractivity contribution in [3.8, 4) is 0 Å². The molecule has 1 aromatic carbocycles. The van der Waals surface area contributed by atoms with Crippen LogP contribution < -0.4 is 10.7 Å². The third kappa shape index (κ3) is 5.68. The highest BCUT2D eigenvalue weighted by molar-refractivity contribution is 7.18. The Labute approximate surface area is 194 Å². The number of alkyl halides is 2. The molecular weight excluding hydrogens is 452 g/mol. The molecule has 3 heterocycles. The lowest BCUT2D eigenvalue weighted by atomic mass is 10.0. The van der Waals surface area contributed by atoms with Gasteiger partial charge in [0, 0.05) is 56.5 Å². The van der Waals surface area contributed by atoms with Gasteiger partial charge in [0.2, 0.25) is 5.91 Å². The van der Waals surface area contributed by atoms with E-state index in [1.807, 2.05) is 27.1 Å². The van der Waals surface area contributed by atoms with Crippen LogP contribution in [-0.2, 0) is 24.3 Å². The number of hydrazine groups is 1. The summed E-state index contributed by atoms with van der Waals surface area (Å²) in [6, 6.07) is 4.99. The number of halogens is 3. The molecule has 0 spiro atoms. The van der Waals surface area contributed by atoms with Crippen molar-refractivity contribution in [3.05, 3.63) is 47.0 Å². The van der Waals surface area contributed by atoms with E-state index in [4.69, 9.17) is 0 Å². The highest BCUT2D eigenvalue weighted by Crippen LogP contribution is 2.34. The average Bonchev–Trinajstić information content (AvgIpc) is 3.33. The second-order valence-electron chi connectivity index (χ2n) is 7.78. The minimum atomic E-state index is -3.03. The van der Waals surface area contributed by atoms with Gasteiger partial charge >= 0.3 is 0 Å². The van der Waals surface area contributed by atoms with Gasteiger partial charge in [0.1, 0.15) is 6.54 Å². The first-order valence-corrected chi connectivity index (χ1v) is 11.4. The van der Waals surface area contributed by atoms with Crippen molar-refractivity contribution < 1.29 is 18.0 Å². The van der Waals surface area contributed by atoms with E-state index < -0.39 is 18.0 Å². The molecule has 4 rings (SSSR count). The van der Waals surface area contributed by atoms with Crippen LogP contribution in [0.5, 0.6) is 0 Å². The van der Waals surface area contributed by atoms with Crippen molar-refractivity contribution in [1.82, 2.24) is 25.1 Å². The van der Waals surface area contributed by atoms with Gasteiger partial charge < -0.3 is 15.2 Å². The Kier molecular flexibility index (Phi) is 7.69. The lowest BCUT2D eigenvalue weighted by molar-refractivity contribution is -0.129. The number of fused-ring (bicyclic) bond motifs is 1. The fourth-order valence-electron chi connectivity index (χ4n) is 3.89. The summed E-state index contributed by atoms with van der Waals surface area (Å²) in [5, 5.41) is 9.06. The summed E-state index contributed by atoms with van der Waals surface area (Å²) in [5.74, 6) is -0.287. The summed E-state index contributed by atoms with van der Waals surface area (Å²) in [4.78, 5) is 13.5. The number of hydrogen-bond acceptors (Lipinski definition) is 5. The number of rotatable bonds is 5. The molecule has 0 saturated heterocycles. The highest BCUT2D eigenvalue weighted by Gasteiger charge is 2.31. The topological polar surface area (TPSA) is 65.4 Å². The molecular formula is C22H30F3N6OP. The smallest absolute Gasteiger partial charge is 0.278 e. The Hall–Kier alpha value is -2.58. The fraction of sp³-hybridized carbons (Fsp3) is 0.455. The summed E-state index contributed by atoms with van der Waals surface area (Å²) < 4.78 is 43.9. The molecule has 2 aliphatic rings. The summed E-state index contributed by atoms with van der Waals surface area (Å²) in [5.41, 5.74) is 2.72. The third-order valence-electron chi connectivity index (χ3n) is 5.41. The van der Waals surface area contributed by atoms with Gasteiger partial charge in [-0.05, 0) is 11.6 Å². The molecule has 1 atom stereocenters. The normalized spacial score (nSPS) is 15.6. The average molecular weight is 482 g/mol. The standard InChI is InChI=1S/C20H24F3N6OP.C2H6/c1-12(30)28-7-6-17-15(10-28)19(26-29(17)11-20(22,23)31)25-16-5-3-4-14(18(16)21)13-8-24-27(2)9-13;1-2/h3-5,9,24H,6-8,10-11,31H2,1-2H3,(H,25,26);1-2H3. The number of hydrogen-bond donors (Lipinski definition) is 2. The maximum absolute atomic E-state index is 15.3. The zero-order valence-electron chi connectivity index (χ0n) is 19.3. The van der Waals surface area contributed by atoms with Crippen molar-refractivity contribution in [1.29, 1.82) is 0 Å². The van der Waals surface area contributed by atoms with Gasteiger partial charge in [-0.15, -0.1) is 0 Å². The molecule has 33 heavy (non-hydrogen) atoms. The number of carbonyl (C=O) groups excluding carboxylic acids is 1. The number of carbonyl (C=O) groups is 1. The van der Waals surface area contributed by atoms with E-state index in [1.54, 1.807) is 28.1 Å².